The van der Waals surface area contributed by atoms with Crippen LogP contribution >= 0.6 is 0 Å². The molecular weight excluding hydrogens is 176 g/mol. The largest absolute Gasteiger partial charge is 0.383 e. The van der Waals surface area contributed by atoms with Crippen LogP contribution in [0.2, 0.25) is 0 Å². The van der Waals surface area contributed by atoms with Gasteiger partial charge in [-0.1, -0.05) is 6.92 Å². The highest BCUT2D eigenvalue weighted by Crippen LogP contribution is 2.24. The minimum atomic E-state index is 0.521. The van der Waals surface area contributed by atoms with Gasteiger partial charge in [-0.05, 0) is 26.3 Å². The molecule has 1 aliphatic carbocycles. The Kier molecular flexibility index (Phi) is 5.45. The molecule has 3 nitrogen and oxygen atoms in total. The van der Waals surface area contributed by atoms with Crippen LogP contribution in [0.15, 0.2) is 0 Å². The maximum absolute atomic E-state index is 5.14. The summed E-state index contributed by atoms with van der Waals surface area (Å²) in [6, 6.07) is 1.40. The first-order valence-electron chi connectivity index (χ1n) is 5.70. The molecule has 0 radical (unpaired) electrons. The normalized spacial score (nSPS) is 18.9. The minimum Gasteiger partial charge on any atom is -0.383 e. The molecule has 14 heavy (non-hydrogen) atoms. The van der Waals surface area contributed by atoms with E-state index in [0.29, 0.717) is 6.04 Å². The van der Waals surface area contributed by atoms with Gasteiger partial charge in [0.25, 0.3) is 0 Å². The monoisotopic (exact) mass is 200 g/mol. The number of ether oxygens (including phenoxy) is 1. The zero-order valence-corrected chi connectivity index (χ0v) is 9.75. The smallest absolute Gasteiger partial charge is 0.0615 e. The van der Waals surface area contributed by atoms with E-state index >= 15 is 0 Å². The zero-order valence-electron chi connectivity index (χ0n) is 9.75. The van der Waals surface area contributed by atoms with Crippen LogP contribution in [0.3, 0.4) is 0 Å². The van der Waals surface area contributed by atoms with Crippen molar-refractivity contribution in [3.63, 3.8) is 0 Å². The van der Waals surface area contributed by atoms with Gasteiger partial charge in [0.2, 0.25) is 0 Å². The molecule has 3 heteroatoms. The minimum absolute atomic E-state index is 0.521. The first-order chi connectivity index (χ1) is 6.77. The maximum atomic E-state index is 5.14. The molecule has 0 saturated heterocycles. The number of methoxy groups -OCH3 is 1. The fourth-order valence-electron chi connectivity index (χ4n) is 1.67. The molecule has 0 aliphatic heterocycles. The van der Waals surface area contributed by atoms with Gasteiger partial charge in [0, 0.05) is 32.3 Å². The first-order valence-corrected chi connectivity index (χ1v) is 5.70. The van der Waals surface area contributed by atoms with Gasteiger partial charge in [-0.25, -0.2) is 0 Å². The van der Waals surface area contributed by atoms with E-state index in [9.17, 15) is 0 Å². The van der Waals surface area contributed by atoms with E-state index in [1.807, 2.05) is 0 Å². The number of hydrogen-bond acceptors (Lipinski definition) is 3. The topological polar surface area (TPSA) is 24.5 Å². The van der Waals surface area contributed by atoms with Crippen LogP contribution in [0.5, 0.6) is 0 Å². The van der Waals surface area contributed by atoms with Crippen LogP contribution < -0.4 is 5.32 Å². The predicted octanol–water partition coefficient (Wildman–Crippen LogP) is 1.10. The van der Waals surface area contributed by atoms with Gasteiger partial charge in [-0.15, -0.1) is 0 Å². The van der Waals surface area contributed by atoms with E-state index in [1.165, 1.54) is 12.8 Å². The van der Waals surface area contributed by atoms with E-state index in [1.54, 1.807) is 7.11 Å². The van der Waals surface area contributed by atoms with Crippen LogP contribution in [0.1, 0.15) is 26.2 Å². The summed E-state index contributed by atoms with van der Waals surface area (Å²) >= 11 is 0. The number of likely N-dealkylation sites (N-methyl/N-ethyl adjacent to an activating group) is 1. The Morgan fingerprint density at radius 3 is 2.71 bits per heavy atom. The van der Waals surface area contributed by atoms with E-state index in [2.05, 4.69) is 24.2 Å². The molecule has 0 aromatic rings. The van der Waals surface area contributed by atoms with E-state index in [4.69, 9.17) is 4.74 Å². The standard InChI is InChI=1S/C11H24N2O/c1-4-10(9-14-3)12-7-8-13(2)11-5-6-11/h10-12H,4-9H2,1-3H3. The average molecular weight is 200 g/mol. The van der Waals surface area contributed by atoms with Gasteiger partial charge < -0.3 is 15.0 Å². The highest BCUT2D eigenvalue weighted by Gasteiger charge is 2.25. The third-order valence-corrected chi connectivity index (χ3v) is 2.93. The quantitative estimate of drug-likeness (QED) is 0.635. The summed E-state index contributed by atoms with van der Waals surface area (Å²) in [5.74, 6) is 0. The summed E-state index contributed by atoms with van der Waals surface area (Å²) in [5, 5.41) is 3.52. The first kappa shape index (κ1) is 12.0. The van der Waals surface area contributed by atoms with E-state index in [0.717, 1.165) is 32.2 Å². The molecular formula is C11H24N2O. The third-order valence-electron chi connectivity index (χ3n) is 2.93. The molecule has 84 valence electrons. The molecule has 0 spiro atoms. The van der Waals surface area contributed by atoms with Gasteiger partial charge in [-0.3, -0.25) is 0 Å². The fraction of sp³-hybridized carbons (Fsp3) is 1.00. The molecule has 1 N–H and O–H groups in total. The number of nitrogens with one attached hydrogen (secondary N) is 1. The van der Waals surface area contributed by atoms with Gasteiger partial charge in [0.15, 0.2) is 0 Å². The van der Waals surface area contributed by atoms with Gasteiger partial charge in [0.1, 0.15) is 0 Å². The highest BCUT2D eigenvalue weighted by molar-refractivity contribution is 4.82. The molecule has 1 rings (SSSR count). The molecule has 1 fully saturated rings. The molecule has 0 amide bonds. The predicted molar refractivity (Wildman–Crippen MR) is 59.6 cm³/mol. The van der Waals surface area contributed by atoms with Crippen molar-refractivity contribution in [2.75, 3.05) is 33.9 Å². The fourth-order valence-corrected chi connectivity index (χ4v) is 1.67. The summed E-state index contributed by atoms with van der Waals surface area (Å²) in [6.07, 6.45) is 3.93. The van der Waals surface area contributed by atoms with Crippen molar-refractivity contribution in [1.82, 2.24) is 10.2 Å². The Labute approximate surface area is 87.8 Å². The van der Waals surface area contributed by atoms with Crippen molar-refractivity contribution in [3.05, 3.63) is 0 Å². The van der Waals surface area contributed by atoms with Crippen molar-refractivity contribution in [2.24, 2.45) is 0 Å². The number of hydrogen-bond donors (Lipinski definition) is 1. The lowest BCUT2D eigenvalue weighted by Crippen LogP contribution is -2.38. The summed E-state index contributed by atoms with van der Waals surface area (Å²) in [4.78, 5) is 2.45. The third kappa shape index (κ3) is 4.40. The second kappa shape index (κ2) is 6.38. The SMILES string of the molecule is CCC(COC)NCCN(C)C1CC1. The molecule has 1 atom stereocenters. The summed E-state index contributed by atoms with van der Waals surface area (Å²) in [7, 11) is 3.98. The van der Waals surface area contributed by atoms with Crippen molar-refractivity contribution in [2.45, 2.75) is 38.3 Å². The molecule has 1 unspecified atom stereocenters. The Hall–Kier alpha value is -0.120. The highest BCUT2D eigenvalue weighted by atomic mass is 16.5. The lowest BCUT2D eigenvalue weighted by Gasteiger charge is -2.19. The molecule has 0 aromatic carbocycles. The molecule has 0 bridgehead atoms. The van der Waals surface area contributed by atoms with Crippen molar-refractivity contribution < 1.29 is 4.74 Å². The summed E-state index contributed by atoms with van der Waals surface area (Å²) in [6.45, 7) is 5.25. The van der Waals surface area contributed by atoms with E-state index in [-0.39, 0.29) is 0 Å². The van der Waals surface area contributed by atoms with Gasteiger partial charge in [0.05, 0.1) is 6.61 Å². The lowest BCUT2D eigenvalue weighted by molar-refractivity contribution is 0.162. The van der Waals surface area contributed by atoms with Crippen LogP contribution in [0, 0.1) is 0 Å². The molecule has 0 heterocycles. The second-order valence-corrected chi connectivity index (χ2v) is 4.23. The van der Waals surface area contributed by atoms with Crippen molar-refractivity contribution >= 4 is 0 Å². The summed E-state index contributed by atoms with van der Waals surface area (Å²) in [5.41, 5.74) is 0. The van der Waals surface area contributed by atoms with Crippen molar-refractivity contribution in [1.29, 1.82) is 0 Å². The van der Waals surface area contributed by atoms with Gasteiger partial charge in [-0.2, -0.15) is 0 Å². The van der Waals surface area contributed by atoms with Crippen LogP contribution in [0.4, 0.5) is 0 Å². The molecule has 1 aliphatic rings. The second-order valence-electron chi connectivity index (χ2n) is 4.23. The summed E-state index contributed by atoms with van der Waals surface area (Å²) < 4.78 is 5.14. The lowest BCUT2D eigenvalue weighted by atomic mass is 10.2. The molecule has 0 aromatic heterocycles. The van der Waals surface area contributed by atoms with E-state index < -0.39 is 0 Å². The Bertz CT molecular complexity index is 148. The van der Waals surface area contributed by atoms with Crippen LogP contribution in [-0.4, -0.2) is 50.8 Å². The Morgan fingerprint density at radius 1 is 1.50 bits per heavy atom. The van der Waals surface area contributed by atoms with Crippen LogP contribution in [-0.2, 0) is 4.74 Å². The number of rotatable bonds is 8. The van der Waals surface area contributed by atoms with Gasteiger partial charge >= 0.3 is 0 Å². The van der Waals surface area contributed by atoms with Crippen molar-refractivity contribution in [3.8, 4) is 0 Å². The average Bonchev–Trinajstić information content (AvgIpc) is 2.99. The molecule has 1 saturated carbocycles. The zero-order chi connectivity index (χ0) is 10.4. The maximum Gasteiger partial charge on any atom is 0.0615 e. The number of nitrogens with zero attached hydrogens (tertiary/aromatic N) is 1. The van der Waals surface area contributed by atoms with Crippen LogP contribution in [0.25, 0.3) is 0 Å². The Morgan fingerprint density at radius 2 is 2.21 bits per heavy atom. The Balaban J connectivity index is 1.99.